The molecule has 0 aliphatic carbocycles. The highest BCUT2D eigenvalue weighted by atomic mass is 32.2. The molecule has 1 aromatic heterocycles. The minimum atomic E-state index is -3.82. The van der Waals surface area contributed by atoms with E-state index in [0.29, 0.717) is 5.69 Å². The first-order chi connectivity index (χ1) is 9.18. The van der Waals surface area contributed by atoms with Gasteiger partial charge in [-0.05, 0) is 19.2 Å². The zero-order valence-electron chi connectivity index (χ0n) is 10.5. The van der Waals surface area contributed by atoms with Crippen LogP contribution in [0.2, 0.25) is 0 Å². The summed E-state index contributed by atoms with van der Waals surface area (Å²) in [5.74, 6) is -0.360. The van der Waals surface area contributed by atoms with Gasteiger partial charge in [0.15, 0.2) is 0 Å². The quantitative estimate of drug-likeness (QED) is 0.518. The van der Waals surface area contributed by atoms with Crippen molar-refractivity contribution in [2.45, 2.75) is 4.90 Å². The Labute approximate surface area is 122 Å². The molecule has 0 amide bonds. The summed E-state index contributed by atoms with van der Waals surface area (Å²) in [5, 5.41) is 0. The molecule has 112 valence electrons. The minimum Gasteiger partial charge on any atom is -0.388 e. The predicted octanol–water partition coefficient (Wildman–Crippen LogP) is -1.46. The molecule has 0 aliphatic rings. The van der Waals surface area contributed by atoms with Crippen LogP contribution < -0.4 is 15.2 Å². The second kappa shape index (κ2) is 6.54. The summed E-state index contributed by atoms with van der Waals surface area (Å²) in [6, 6.07) is 2.66. The van der Waals surface area contributed by atoms with E-state index >= 15 is 0 Å². The molecule has 0 aromatic carbocycles. The Balaban J connectivity index is 2.77. The molecule has 4 N–H and O–H groups in total. The van der Waals surface area contributed by atoms with Gasteiger partial charge in [-0.15, -0.1) is 0 Å². The lowest BCUT2D eigenvalue weighted by molar-refractivity contribution is 0.578. The summed E-state index contributed by atoms with van der Waals surface area (Å²) >= 11 is 4.70. The van der Waals surface area contributed by atoms with Crippen molar-refractivity contribution in [1.29, 1.82) is 0 Å². The highest BCUT2D eigenvalue weighted by molar-refractivity contribution is 7.90. The number of thiocarbonyl (C=S) groups is 1. The van der Waals surface area contributed by atoms with E-state index in [4.69, 9.17) is 18.0 Å². The molecule has 1 aromatic rings. The number of nitrogens with one attached hydrogen (secondary N) is 2. The lowest BCUT2D eigenvalue weighted by Gasteiger charge is -2.07. The maximum Gasteiger partial charge on any atom is 0.242 e. The van der Waals surface area contributed by atoms with E-state index in [1.807, 2.05) is 0 Å². The Hall–Kier alpha value is -1.14. The molecule has 0 fully saturated rings. The second-order valence-electron chi connectivity index (χ2n) is 3.66. The van der Waals surface area contributed by atoms with Gasteiger partial charge in [0.05, 0.1) is 11.4 Å². The van der Waals surface area contributed by atoms with E-state index in [1.165, 1.54) is 19.2 Å². The van der Waals surface area contributed by atoms with Crippen LogP contribution >= 0.6 is 12.2 Å². The van der Waals surface area contributed by atoms with E-state index in [9.17, 15) is 16.8 Å². The molecular weight excluding hydrogens is 324 g/mol. The number of hydrogen-bond acceptors (Lipinski definition) is 6. The molecule has 20 heavy (non-hydrogen) atoms. The third-order valence-corrected chi connectivity index (χ3v) is 5.29. The van der Waals surface area contributed by atoms with Gasteiger partial charge in [-0.2, -0.15) is 0 Å². The van der Waals surface area contributed by atoms with E-state index in [-0.39, 0.29) is 22.2 Å². The minimum absolute atomic E-state index is 0.0574. The molecule has 0 bridgehead atoms. The van der Waals surface area contributed by atoms with Gasteiger partial charge in [0, 0.05) is 12.7 Å². The number of nitrogens with two attached hydrogens (primary N) is 1. The highest BCUT2D eigenvalue weighted by Gasteiger charge is 2.16. The normalized spacial score (nSPS) is 12.2. The van der Waals surface area contributed by atoms with Crippen LogP contribution in [0.25, 0.3) is 0 Å². The number of rotatable bonds is 7. The highest BCUT2D eigenvalue weighted by Crippen LogP contribution is 2.07. The fourth-order valence-corrected chi connectivity index (χ4v) is 2.98. The van der Waals surface area contributed by atoms with Crippen molar-refractivity contribution in [2.24, 2.45) is 5.73 Å². The summed E-state index contributed by atoms with van der Waals surface area (Å²) in [6.07, 6.45) is 1.10. The number of nitrogens with zero attached hydrogens (tertiary/aromatic N) is 1. The van der Waals surface area contributed by atoms with Crippen LogP contribution in [0, 0.1) is 0 Å². The van der Waals surface area contributed by atoms with Crippen molar-refractivity contribution in [3.8, 4) is 0 Å². The Kier molecular flexibility index (Phi) is 5.53. The number of pyridine rings is 1. The molecule has 8 nitrogen and oxygen atoms in total. The SMILES string of the molecule is CNS(=O)(=O)CCNS(=O)(=O)c1ccc(C(N)=S)nc1. The Bertz CT molecular complexity index is 682. The maximum atomic E-state index is 11.9. The van der Waals surface area contributed by atoms with Gasteiger partial charge in [0.2, 0.25) is 20.0 Å². The van der Waals surface area contributed by atoms with Gasteiger partial charge in [0.1, 0.15) is 9.88 Å². The van der Waals surface area contributed by atoms with E-state index < -0.39 is 20.0 Å². The Morgan fingerprint density at radius 1 is 1.35 bits per heavy atom. The first-order valence-electron chi connectivity index (χ1n) is 5.35. The van der Waals surface area contributed by atoms with Crippen LogP contribution in [-0.2, 0) is 20.0 Å². The molecule has 0 atom stereocenters. The third-order valence-electron chi connectivity index (χ3n) is 2.27. The van der Waals surface area contributed by atoms with Crippen LogP contribution in [0.5, 0.6) is 0 Å². The first-order valence-corrected chi connectivity index (χ1v) is 8.89. The van der Waals surface area contributed by atoms with E-state index in [2.05, 4.69) is 14.4 Å². The number of aromatic nitrogens is 1. The van der Waals surface area contributed by atoms with Crippen LogP contribution in [0.3, 0.4) is 0 Å². The van der Waals surface area contributed by atoms with E-state index in [0.717, 1.165) is 6.20 Å². The number of hydrogen-bond donors (Lipinski definition) is 3. The van der Waals surface area contributed by atoms with Gasteiger partial charge in [-0.3, -0.25) is 4.98 Å². The smallest absolute Gasteiger partial charge is 0.242 e. The largest absolute Gasteiger partial charge is 0.388 e. The van der Waals surface area contributed by atoms with Gasteiger partial charge < -0.3 is 5.73 Å². The van der Waals surface area contributed by atoms with Gasteiger partial charge >= 0.3 is 0 Å². The van der Waals surface area contributed by atoms with Crippen molar-refractivity contribution in [1.82, 2.24) is 14.4 Å². The summed E-state index contributed by atoms with van der Waals surface area (Å²) in [6.45, 7) is -0.247. The lowest BCUT2D eigenvalue weighted by atomic mass is 10.3. The monoisotopic (exact) mass is 338 g/mol. The topological polar surface area (TPSA) is 131 Å². The molecule has 0 spiro atoms. The zero-order valence-corrected chi connectivity index (χ0v) is 13.0. The second-order valence-corrected chi connectivity index (χ2v) is 7.92. The van der Waals surface area contributed by atoms with Gasteiger partial charge in [-0.25, -0.2) is 26.3 Å². The van der Waals surface area contributed by atoms with Crippen molar-refractivity contribution < 1.29 is 16.8 Å². The van der Waals surface area contributed by atoms with Crippen LogP contribution in [-0.4, -0.2) is 46.2 Å². The molecule has 1 rings (SSSR count). The Morgan fingerprint density at radius 2 is 2.00 bits per heavy atom. The fraction of sp³-hybridized carbons (Fsp3) is 0.333. The van der Waals surface area contributed by atoms with Crippen LogP contribution in [0.15, 0.2) is 23.2 Å². The van der Waals surface area contributed by atoms with Crippen molar-refractivity contribution >= 4 is 37.3 Å². The molecule has 0 radical (unpaired) electrons. The molecule has 1 heterocycles. The standard InChI is InChI=1S/C9H14N4O4S3/c1-11-19(14,15)5-4-13-20(16,17)7-2-3-8(9(10)18)12-6-7/h2-3,6,11,13H,4-5H2,1H3,(H2,10,18). The maximum absolute atomic E-state index is 11.9. The third kappa shape index (κ3) is 4.76. The Morgan fingerprint density at radius 3 is 2.45 bits per heavy atom. The van der Waals surface area contributed by atoms with Crippen molar-refractivity contribution in [3.05, 3.63) is 24.0 Å². The predicted molar refractivity (Wildman–Crippen MR) is 78.2 cm³/mol. The van der Waals surface area contributed by atoms with Crippen LogP contribution in [0.1, 0.15) is 5.69 Å². The molecule has 0 aliphatic heterocycles. The van der Waals surface area contributed by atoms with Crippen molar-refractivity contribution in [2.75, 3.05) is 19.3 Å². The van der Waals surface area contributed by atoms with Crippen LogP contribution in [0.4, 0.5) is 0 Å². The fourth-order valence-electron chi connectivity index (χ4n) is 1.18. The molecule has 11 heteroatoms. The first kappa shape index (κ1) is 16.9. The van der Waals surface area contributed by atoms with Gasteiger partial charge in [-0.1, -0.05) is 12.2 Å². The average Bonchev–Trinajstić information content (AvgIpc) is 2.38. The van der Waals surface area contributed by atoms with Crippen molar-refractivity contribution in [3.63, 3.8) is 0 Å². The molecule has 0 saturated heterocycles. The lowest BCUT2D eigenvalue weighted by Crippen LogP contribution is -2.33. The number of sulfonamides is 2. The molecular formula is C9H14N4O4S3. The summed E-state index contributed by atoms with van der Waals surface area (Å²) in [7, 11) is -6.04. The summed E-state index contributed by atoms with van der Waals surface area (Å²) in [5.41, 5.74) is 5.65. The van der Waals surface area contributed by atoms with E-state index in [1.54, 1.807) is 0 Å². The zero-order chi connectivity index (χ0) is 15.4. The molecule has 0 saturated carbocycles. The molecule has 0 unspecified atom stereocenters. The summed E-state index contributed by atoms with van der Waals surface area (Å²) < 4.78 is 50.3. The summed E-state index contributed by atoms with van der Waals surface area (Å²) in [4.78, 5) is 3.76. The average molecular weight is 338 g/mol. The van der Waals surface area contributed by atoms with Gasteiger partial charge in [0.25, 0.3) is 0 Å².